The second kappa shape index (κ2) is 9.74. The van der Waals surface area contributed by atoms with Gasteiger partial charge in [0, 0.05) is 29.8 Å². The van der Waals surface area contributed by atoms with Crippen LogP contribution in [0.5, 0.6) is 5.75 Å². The molecule has 0 fully saturated rings. The summed E-state index contributed by atoms with van der Waals surface area (Å²) in [7, 11) is 2.11. The van der Waals surface area contributed by atoms with Crippen LogP contribution in [0.3, 0.4) is 0 Å². The first-order valence-corrected chi connectivity index (χ1v) is 14.1. The molecule has 42 heavy (non-hydrogen) atoms. The second-order valence-corrected chi connectivity index (χ2v) is 11.7. The molecule has 1 N–H and O–H groups in total. The summed E-state index contributed by atoms with van der Waals surface area (Å²) in [6.07, 6.45) is 1.82. The summed E-state index contributed by atoms with van der Waals surface area (Å²) in [5, 5.41) is 11.3. The molecule has 0 amide bonds. The maximum atomic E-state index is 10.6. The summed E-state index contributed by atoms with van der Waals surface area (Å²) >= 11 is 0. The summed E-state index contributed by atoms with van der Waals surface area (Å²) < 4.78 is 8.31. The minimum absolute atomic E-state index is 0.0407. The lowest BCUT2D eigenvalue weighted by Crippen LogP contribution is -2.25. The van der Waals surface area contributed by atoms with Crippen LogP contribution in [0.15, 0.2) is 115 Å². The van der Waals surface area contributed by atoms with Crippen molar-refractivity contribution in [3.05, 3.63) is 121 Å². The summed E-state index contributed by atoms with van der Waals surface area (Å²) in [6, 6.07) is 34.7. The molecule has 0 saturated carbocycles. The van der Waals surface area contributed by atoms with E-state index in [1.807, 2.05) is 36.5 Å². The Morgan fingerprint density at radius 1 is 0.762 bits per heavy atom. The lowest BCUT2D eigenvalue weighted by molar-refractivity contribution is 0.480. The number of aromatic nitrogens is 2. The Kier molecular flexibility index (Phi) is 5.71. The Morgan fingerprint density at radius 2 is 1.52 bits per heavy atom. The van der Waals surface area contributed by atoms with Gasteiger partial charge in [-0.25, -0.2) is 9.97 Å². The molecule has 0 saturated heterocycles. The molecule has 2 aromatic heterocycles. The van der Waals surface area contributed by atoms with Crippen LogP contribution in [-0.4, -0.2) is 22.1 Å². The lowest BCUT2D eigenvalue weighted by atomic mass is 9.85. The first-order chi connectivity index (χ1) is 20.7. The molecular formula is C37H32N4O. The Bertz CT molecular complexity index is 2000. The van der Waals surface area contributed by atoms with Crippen molar-refractivity contribution in [2.45, 2.75) is 26.2 Å². The molecule has 7 rings (SSSR count). The van der Waals surface area contributed by atoms with Crippen molar-refractivity contribution in [3.8, 4) is 28.1 Å². The van der Waals surface area contributed by atoms with Gasteiger partial charge in [0.1, 0.15) is 17.1 Å². The largest absolute Gasteiger partial charge is 0.506 e. The molecule has 0 radical (unpaired) electrons. The van der Waals surface area contributed by atoms with Gasteiger partial charge < -0.3 is 10.0 Å². The smallest absolute Gasteiger partial charge is 0.141 e. The average molecular weight is 550 g/mol. The van der Waals surface area contributed by atoms with Gasteiger partial charge in [0.15, 0.2) is 0 Å². The molecular weight excluding hydrogens is 516 g/mol. The van der Waals surface area contributed by atoms with Gasteiger partial charge >= 0.3 is 0 Å². The number of pyridine rings is 2. The third-order valence-corrected chi connectivity index (χ3v) is 8.00. The van der Waals surface area contributed by atoms with E-state index < -0.39 is 0 Å². The summed E-state index contributed by atoms with van der Waals surface area (Å²) in [4.78, 5) is 14.1. The van der Waals surface area contributed by atoms with Crippen molar-refractivity contribution in [3.63, 3.8) is 0 Å². The molecule has 5 nitrogen and oxygen atoms in total. The molecule has 5 heteroatoms. The molecule has 0 spiro atoms. The standard InChI is InChI=1S/C37H32N4O/c1-37(2,3)27-18-15-24(16-19-27)28-22-26(29-20-17-25-10-9-13-33(42)35(25)39-29)23-32-36(28)40(4)30-11-5-6-12-31(30)41(32)34-14-7-8-21-38-34/h5-23,42H,1-4H3/i10D. The highest BCUT2D eigenvalue weighted by molar-refractivity contribution is 6.04. The monoisotopic (exact) mass is 549 g/mol. The fourth-order valence-electron chi connectivity index (χ4n) is 5.80. The van der Waals surface area contributed by atoms with Crippen LogP contribution in [0.4, 0.5) is 28.6 Å². The van der Waals surface area contributed by atoms with Gasteiger partial charge in [-0.3, -0.25) is 4.90 Å². The first kappa shape index (κ1) is 24.6. The predicted octanol–water partition coefficient (Wildman–Crippen LogP) is 9.52. The van der Waals surface area contributed by atoms with Crippen molar-refractivity contribution in [2.24, 2.45) is 0 Å². The number of anilines is 5. The van der Waals surface area contributed by atoms with Gasteiger partial charge in [0.25, 0.3) is 0 Å². The minimum Gasteiger partial charge on any atom is -0.506 e. The van der Waals surface area contributed by atoms with E-state index in [0.717, 1.165) is 45.3 Å². The van der Waals surface area contributed by atoms with Crippen LogP contribution in [0.2, 0.25) is 0 Å². The topological polar surface area (TPSA) is 52.5 Å². The lowest BCUT2D eigenvalue weighted by Gasteiger charge is -2.39. The Balaban J connectivity index is 1.53. The number of phenolic OH excluding ortho intramolecular Hbond substituents is 1. The zero-order valence-corrected chi connectivity index (χ0v) is 24.1. The highest BCUT2D eigenvalue weighted by Crippen LogP contribution is 2.54. The number of para-hydroxylation sites is 3. The van der Waals surface area contributed by atoms with E-state index in [2.05, 4.69) is 98.3 Å². The van der Waals surface area contributed by atoms with E-state index in [-0.39, 0.29) is 11.2 Å². The molecule has 0 atom stereocenters. The van der Waals surface area contributed by atoms with Crippen molar-refractivity contribution in [1.29, 1.82) is 0 Å². The third-order valence-electron chi connectivity index (χ3n) is 8.00. The van der Waals surface area contributed by atoms with E-state index >= 15 is 0 Å². The van der Waals surface area contributed by atoms with Gasteiger partial charge in [-0.2, -0.15) is 0 Å². The van der Waals surface area contributed by atoms with Crippen molar-refractivity contribution in [1.82, 2.24) is 9.97 Å². The summed E-state index contributed by atoms with van der Waals surface area (Å²) in [6.45, 7) is 6.68. The highest BCUT2D eigenvalue weighted by atomic mass is 16.3. The normalized spacial score (nSPS) is 13.1. The molecule has 4 aromatic carbocycles. The zero-order valence-electron chi connectivity index (χ0n) is 25.1. The Labute approximate surface area is 247 Å². The van der Waals surface area contributed by atoms with Gasteiger partial charge in [-0.1, -0.05) is 81.4 Å². The van der Waals surface area contributed by atoms with Crippen molar-refractivity contribution in [2.75, 3.05) is 16.8 Å². The molecule has 0 unspecified atom stereocenters. The Morgan fingerprint density at radius 3 is 2.26 bits per heavy atom. The van der Waals surface area contributed by atoms with E-state index in [1.165, 1.54) is 11.6 Å². The highest BCUT2D eigenvalue weighted by Gasteiger charge is 2.31. The van der Waals surface area contributed by atoms with E-state index in [0.29, 0.717) is 22.6 Å². The molecule has 3 heterocycles. The molecule has 1 aliphatic heterocycles. The fraction of sp³-hybridized carbons (Fsp3) is 0.135. The maximum absolute atomic E-state index is 10.6. The number of hydrogen-bond donors (Lipinski definition) is 1. The number of benzene rings is 4. The van der Waals surface area contributed by atoms with Crippen LogP contribution >= 0.6 is 0 Å². The van der Waals surface area contributed by atoms with E-state index in [1.54, 1.807) is 6.07 Å². The van der Waals surface area contributed by atoms with Crippen LogP contribution in [0, 0.1) is 0 Å². The summed E-state index contributed by atoms with van der Waals surface area (Å²) in [5.41, 5.74) is 9.66. The van der Waals surface area contributed by atoms with Gasteiger partial charge in [0.2, 0.25) is 0 Å². The first-order valence-electron chi connectivity index (χ1n) is 14.6. The molecule has 6 aromatic rings. The van der Waals surface area contributed by atoms with Crippen molar-refractivity contribution >= 4 is 39.5 Å². The van der Waals surface area contributed by atoms with Crippen LogP contribution in [0.25, 0.3) is 33.3 Å². The third kappa shape index (κ3) is 4.25. The number of fused-ring (bicyclic) bond motifs is 3. The SMILES string of the molecule is [2H]c1ccc(O)c2nc(-c3cc(-c4ccc(C(C)(C)C)cc4)c4c(c3)N(c3ccccn3)c3ccccc3N4C)ccc12. The molecule has 206 valence electrons. The van der Waals surface area contributed by atoms with Gasteiger partial charge in [0.05, 0.1) is 29.8 Å². The maximum Gasteiger partial charge on any atom is 0.141 e. The number of aromatic hydroxyl groups is 1. The number of hydrogen-bond acceptors (Lipinski definition) is 5. The minimum atomic E-state index is 0.0407. The Hall–Kier alpha value is -5.16. The number of rotatable bonds is 3. The van der Waals surface area contributed by atoms with E-state index in [9.17, 15) is 5.11 Å². The van der Waals surface area contributed by atoms with E-state index in [4.69, 9.17) is 11.3 Å². The van der Waals surface area contributed by atoms with Gasteiger partial charge in [-0.05, 0) is 65.1 Å². The number of nitrogens with zero attached hydrogens (tertiary/aromatic N) is 4. The zero-order chi connectivity index (χ0) is 29.9. The quantitative estimate of drug-likeness (QED) is 0.238. The van der Waals surface area contributed by atoms with Gasteiger partial charge in [-0.15, -0.1) is 0 Å². The van der Waals surface area contributed by atoms with Crippen LogP contribution < -0.4 is 9.80 Å². The molecule has 0 aliphatic carbocycles. The van der Waals surface area contributed by atoms with Crippen molar-refractivity contribution < 1.29 is 6.48 Å². The average Bonchev–Trinajstić information content (AvgIpc) is 3.02. The fourth-order valence-corrected chi connectivity index (χ4v) is 5.80. The second-order valence-electron chi connectivity index (χ2n) is 11.7. The molecule has 1 aliphatic rings. The predicted molar refractivity (Wildman–Crippen MR) is 174 cm³/mol. The molecule has 0 bridgehead atoms. The van der Waals surface area contributed by atoms with Crippen LogP contribution in [-0.2, 0) is 5.41 Å². The number of phenols is 1. The summed E-state index contributed by atoms with van der Waals surface area (Å²) in [5.74, 6) is 0.881. The van der Waals surface area contributed by atoms with Crippen LogP contribution in [0.1, 0.15) is 27.7 Å².